The second-order valence-corrected chi connectivity index (χ2v) is 20.1. The molecule has 2 aliphatic heterocycles. The van der Waals surface area contributed by atoms with E-state index >= 15 is 0 Å². The van der Waals surface area contributed by atoms with E-state index in [1.54, 1.807) is 13.8 Å². The van der Waals surface area contributed by atoms with Gasteiger partial charge in [-0.05, 0) is 140 Å². The molecule has 0 aromatic heterocycles. The summed E-state index contributed by atoms with van der Waals surface area (Å²) in [5.41, 5.74) is 0. The molecule has 4 aliphatic rings. The molecule has 0 amide bonds. The number of piperidine rings is 2. The first kappa shape index (κ1) is 43.1. The molecule has 4 fully saturated rings. The van der Waals surface area contributed by atoms with Crippen LogP contribution in [0.25, 0.3) is 0 Å². The number of rotatable bonds is 19. The quantitative estimate of drug-likeness (QED) is 0.156. The summed E-state index contributed by atoms with van der Waals surface area (Å²) >= 11 is 0. The molecule has 0 aromatic rings. The predicted octanol–water partition coefficient (Wildman–Crippen LogP) is 5.98. The van der Waals surface area contributed by atoms with Gasteiger partial charge in [-0.25, -0.2) is 26.3 Å². The molecule has 4 rings (SSSR count). The maximum atomic E-state index is 11.8. The van der Waals surface area contributed by atoms with Crippen LogP contribution in [0.3, 0.4) is 0 Å². The van der Waals surface area contributed by atoms with Crippen molar-refractivity contribution in [3.8, 4) is 0 Å². The summed E-state index contributed by atoms with van der Waals surface area (Å²) < 4.78 is 63.3. The molecular weight excluding hydrogens is 661 g/mol. The molecule has 2 N–H and O–H groups in total. The Hall–Kier alpha value is -0.340. The fourth-order valence-corrected chi connectivity index (χ4v) is 9.54. The molecule has 12 heteroatoms. The summed E-state index contributed by atoms with van der Waals surface area (Å²) in [6.45, 7) is 21.6. The number of ether oxygens (including phenoxy) is 2. The molecule has 0 spiro atoms. The van der Waals surface area contributed by atoms with Crippen LogP contribution in [0.5, 0.6) is 0 Å². The Kier molecular flexibility index (Phi) is 19.3. The third-order valence-corrected chi connectivity index (χ3v) is 15.3. The first-order valence-electron chi connectivity index (χ1n) is 20.0. The molecule has 2 aliphatic carbocycles. The maximum absolute atomic E-state index is 11.8. The van der Waals surface area contributed by atoms with Crippen LogP contribution < -0.4 is 9.44 Å². The lowest BCUT2D eigenvalue weighted by molar-refractivity contribution is -0.0386. The maximum Gasteiger partial charge on any atom is 0.214 e. The van der Waals surface area contributed by atoms with E-state index in [9.17, 15) is 16.8 Å². The van der Waals surface area contributed by atoms with Crippen molar-refractivity contribution < 1.29 is 29.2 Å². The Balaban J connectivity index is 0.000000491. The van der Waals surface area contributed by atoms with Crippen LogP contribution in [0.2, 0.25) is 0 Å². The molecule has 49 heavy (non-hydrogen) atoms. The monoisotopic (exact) mass is 739 g/mol. The molecule has 2 saturated heterocycles. The average molecular weight is 739 g/mol. The van der Waals surface area contributed by atoms with Crippen molar-refractivity contribution in [2.24, 2.45) is 29.6 Å². The SMILES string of the molecule is CCC1CCN(CC2CC(OCCNS(=O)(=O)C(C)CC)C2)CC1.CCS(=O)(=O)NCCOC1CCC(CN2CCC(C(C)C)CC2)CC1.[HH].[HH]. The highest BCUT2D eigenvalue weighted by molar-refractivity contribution is 7.90. The summed E-state index contributed by atoms with van der Waals surface area (Å²) in [5, 5.41) is -0.331. The van der Waals surface area contributed by atoms with Crippen LogP contribution in [-0.4, -0.2) is 115 Å². The molecule has 10 nitrogen and oxygen atoms in total. The topological polar surface area (TPSA) is 117 Å². The smallest absolute Gasteiger partial charge is 0.214 e. The average Bonchev–Trinajstić information content (AvgIpc) is 3.08. The third-order valence-electron chi connectivity index (χ3n) is 11.9. The van der Waals surface area contributed by atoms with Gasteiger partial charge < -0.3 is 19.3 Å². The minimum Gasteiger partial charge on any atom is -0.377 e. The van der Waals surface area contributed by atoms with Gasteiger partial charge in [-0.2, -0.15) is 0 Å². The fourth-order valence-electron chi connectivity index (χ4n) is 7.85. The number of nitrogens with zero attached hydrogens (tertiary/aromatic N) is 2. The molecular formula is C37H78N4O6S2. The lowest BCUT2D eigenvalue weighted by atomic mass is 9.81. The van der Waals surface area contributed by atoms with Gasteiger partial charge in [0.05, 0.1) is 36.4 Å². The normalized spacial score (nSPS) is 27.4. The van der Waals surface area contributed by atoms with E-state index in [2.05, 4.69) is 40.0 Å². The zero-order valence-electron chi connectivity index (χ0n) is 32.0. The second kappa shape index (κ2) is 22.0. The summed E-state index contributed by atoms with van der Waals surface area (Å²) in [7, 11) is -6.26. The number of nitrogens with one attached hydrogen (secondary N) is 2. The minimum atomic E-state index is -3.17. The highest BCUT2D eigenvalue weighted by Crippen LogP contribution is 2.32. The molecule has 0 radical (unpaired) electrons. The van der Waals surface area contributed by atoms with Crippen molar-refractivity contribution in [2.75, 3.05) is 71.3 Å². The molecule has 2 heterocycles. The van der Waals surface area contributed by atoms with Gasteiger partial charge in [0.1, 0.15) is 0 Å². The van der Waals surface area contributed by atoms with Gasteiger partial charge in [-0.15, -0.1) is 0 Å². The van der Waals surface area contributed by atoms with Gasteiger partial charge in [0, 0.05) is 29.0 Å². The van der Waals surface area contributed by atoms with Crippen molar-refractivity contribution >= 4 is 20.0 Å². The van der Waals surface area contributed by atoms with Crippen LogP contribution in [0.1, 0.15) is 121 Å². The Morgan fingerprint density at radius 1 is 0.673 bits per heavy atom. The van der Waals surface area contributed by atoms with Crippen LogP contribution in [-0.2, 0) is 29.5 Å². The van der Waals surface area contributed by atoms with E-state index in [0.717, 1.165) is 55.3 Å². The fraction of sp³-hybridized carbons (Fsp3) is 1.00. The number of likely N-dealkylation sites (tertiary alicyclic amines) is 2. The van der Waals surface area contributed by atoms with Crippen molar-refractivity contribution in [1.82, 2.24) is 19.2 Å². The van der Waals surface area contributed by atoms with Crippen LogP contribution >= 0.6 is 0 Å². The lowest BCUT2D eigenvalue weighted by Gasteiger charge is -2.40. The van der Waals surface area contributed by atoms with Crippen LogP contribution in [0, 0.1) is 29.6 Å². The summed E-state index contributed by atoms with van der Waals surface area (Å²) in [5.74, 6) is 4.41. The minimum absolute atomic E-state index is 0. The van der Waals surface area contributed by atoms with Crippen molar-refractivity contribution in [3.05, 3.63) is 0 Å². The zero-order chi connectivity index (χ0) is 35.9. The van der Waals surface area contributed by atoms with Gasteiger partial charge >= 0.3 is 0 Å². The number of sulfonamides is 2. The number of hydrogen-bond acceptors (Lipinski definition) is 8. The highest BCUT2D eigenvalue weighted by atomic mass is 32.2. The van der Waals surface area contributed by atoms with E-state index in [1.165, 1.54) is 84.2 Å². The van der Waals surface area contributed by atoms with Gasteiger partial charge in [0.15, 0.2) is 0 Å². The summed E-state index contributed by atoms with van der Waals surface area (Å²) in [6, 6.07) is 0. The molecule has 2 saturated carbocycles. The first-order chi connectivity index (χ1) is 23.3. The van der Waals surface area contributed by atoms with E-state index < -0.39 is 20.0 Å². The standard InChI is InChI=1S/C19H38N2O3S.C18H36N2O3S.2H2/c1-4-25(22,23)20-11-14-24-19-7-5-17(6-8-19)15-21-12-9-18(10-13-21)16(2)3;1-4-15(3)24(21,22)19-8-11-23-18-12-17(13-18)14-20-9-6-16(5-2)7-10-20;;/h16-20H,4-15H2,1-3H3;15-19H,4-14H2,1-3H3;2*1H. The van der Waals surface area contributed by atoms with Gasteiger partial charge in [0.2, 0.25) is 20.0 Å². The molecule has 294 valence electrons. The van der Waals surface area contributed by atoms with Crippen LogP contribution in [0.4, 0.5) is 0 Å². The largest absolute Gasteiger partial charge is 0.377 e. The lowest BCUT2D eigenvalue weighted by Crippen LogP contribution is -2.43. The summed E-state index contributed by atoms with van der Waals surface area (Å²) in [4.78, 5) is 5.29. The summed E-state index contributed by atoms with van der Waals surface area (Å²) in [6.07, 6.45) is 15.0. The van der Waals surface area contributed by atoms with E-state index in [4.69, 9.17) is 9.47 Å². The van der Waals surface area contributed by atoms with E-state index in [0.29, 0.717) is 44.9 Å². The van der Waals surface area contributed by atoms with Crippen molar-refractivity contribution in [2.45, 2.75) is 136 Å². The van der Waals surface area contributed by atoms with Crippen molar-refractivity contribution in [3.63, 3.8) is 0 Å². The van der Waals surface area contributed by atoms with Gasteiger partial charge in [-0.1, -0.05) is 34.1 Å². The van der Waals surface area contributed by atoms with Crippen molar-refractivity contribution in [1.29, 1.82) is 0 Å². The van der Waals surface area contributed by atoms with Crippen LogP contribution in [0.15, 0.2) is 0 Å². The predicted molar refractivity (Wildman–Crippen MR) is 206 cm³/mol. The Morgan fingerprint density at radius 2 is 1.20 bits per heavy atom. The number of hydrogen-bond donors (Lipinski definition) is 2. The third kappa shape index (κ3) is 16.1. The Morgan fingerprint density at radius 3 is 1.73 bits per heavy atom. The molecule has 1 unspecified atom stereocenters. The molecule has 0 bridgehead atoms. The second-order valence-electron chi connectivity index (χ2n) is 15.8. The Bertz CT molecular complexity index is 1110. The van der Waals surface area contributed by atoms with Gasteiger partial charge in [-0.3, -0.25) is 0 Å². The Labute approximate surface area is 304 Å². The molecule has 1 atom stereocenters. The van der Waals surface area contributed by atoms with Gasteiger partial charge in [0.25, 0.3) is 0 Å². The first-order valence-corrected chi connectivity index (χ1v) is 23.2. The molecule has 0 aromatic carbocycles. The van der Waals surface area contributed by atoms with E-state index in [1.807, 2.05) is 6.92 Å². The van der Waals surface area contributed by atoms with E-state index in [-0.39, 0.29) is 13.9 Å². The highest BCUT2D eigenvalue weighted by Gasteiger charge is 2.32. The zero-order valence-corrected chi connectivity index (χ0v) is 33.7.